The zero-order valence-corrected chi connectivity index (χ0v) is 9.65. The van der Waals surface area contributed by atoms with E-state index in [1.165, 1.54) is 12.1 Å². The molecule has 0 fully saturated rings. The predicted octanol–water partition coefficient (Wildman–Crippen LogP) is 2.21. The fourth-order valence-corrected chi connectivity index (χ4v) is 1.61. The molecular formula is C14H14O4. The monoisotopic (exact) mass is 246 g/mol. The number of aliphatic hydroxyl groups excluding tert-OH is 1. The fraction of sp³-hybridized carbons (Fsp3) is 0.143. The Morgan fingerprint density at radius 1 is 0.889 bits per heavy atom. The van der Waals surface area contributed by atoms with Crippen molar-refractivity contribution in [3.05, 3.63) is 54.1 Å². The Bertz CT molecular complexity index is 525. The van der Waals surface area contributed by atoms with Crippen molar-refractivity contribution in [2.24, 2.45) is 0 Å². The van der Waals surface area contributed by atoms with Gasteiger partial charge in [-0.05, 0) is 18.2 Å². The second-order valence-electron chi connectivity index (χ2n) is 3.85. The van der Waals surface area contributed by atoms with Crippen LogP contribution in [0, 0.1) is 0 Å². The van der Waals surface area contributed by atoms with Gasteiger partial charge in [0.25, 0.3) is 0 Å². The third kappa shape index (κ3) is 2.73. The van der Waals surface area contributed by atoms with Crippen LogP contribution in [0.15, 0.2) is 48.5 Å². The van der Waals surface area contributed by atoms with Crippen LogP contribution >= 0.6 is 0 Å². The molecule has 0 aliphatic heterocycles. The maximum atomic E-state index is 9.89. The van der Waals surface area contributed by atoms with E-state index in [9.17, 15) is 15.3 Å². The van der Waals surface area contributed by atoms with Crippen molar-refractivity contribution in [3.8, 4) is 17.2 Å². The molecule has 0 spiro atoms. The maximum absolute atomic E-state index is 9.89. The molecule has 0 radical (unpaired) electrons. The molecule has 0 heterocycles. The Balaban J connectivity index is 2.03. The summed E-state index contributed by atoms with van der Waals surface area (Å²) < 4.78 is 5.30. The molecule has 1 unspecified atom stereocenters. The van der Waals surface area contributed by atoms with Crippen molar-refractivity contribution in [2.75, 3.05) is 6.61 Å². The van der Waals surface area contributed by atoms with Gasteiger partial charge in [0.15, 0.2) is 11.5 Å². The van der Waals surface area contributed by atoms with Crippen LogP contribution in [-0.4, -0.2) is 21.9 Å². The van der Waals surface area contributed by atoms with Gasteiger partial charge < -0.3 is 20.1 Å². The number of phenols is 2. The van der Waals surface area contributed by atoms with Gasteiger partial charge in [0.05, 0.1) is 0 Å². The van der Waals surface area contributed by atoms with Crippen molar-refractivity contribution in [3.63, 3.8) is 0 Å². The number of hydrogen-bond acceptors (Lipinski definition) is 4. The molecule has 18 heavy (non-hydrogen) atoms. The standard InChI is InChI=1S/C14H14O4/c15-11-6-2-1-5-10(11)13(17)9-18-14-8-4-3-7-12(14)16/h1-8,13,15-17H,9H2. The summed E-state index contributed by atoms with van der Waals surface area (Å²) in [6.45, 7) is -0.0465. The van der Waals surface area contributed by atoms with Crippen molar-refractivity contribution >= 4 is 0 Å². The van der Waals surface area contributed by atoms with E-state index in [1.807, 2.05) is 0 Å². The van der Waals surface area contributed by atoms with Crippen molar-refractivity contribution in [2.45, 2.75) is 6.10 Å². The molecule has 0 aliphatic carbocycles. The molecule has 2 aromatic carbocycles. The number of rotatable bonds is 4. The van der Waals surface area contributed by atoms with Gasteiger partial charge in [-0.25, -0.2) is 0 Å². The third-order valence-corrected chi connectivity index (χ3v) is 2.56. The number of para-hydroxylation sites is 3. The first-order valence-corrected chi connectivity index (χ1v) is 5.55. The Kier molecular flexibility index (Phi) is 3.69. The summed E-state index contributed by atoms with van der Waals surface area (Å²) in [5, 5.41) is 28.9. The fourth-order valence-electron chi connectivity index (χ4n) is 1.61. The van der Waals surface area contributed by atoms with Crippen LogP contribution in [0.5, 0.6) is 17.2 Å². The van der Waals surface area contributed by atoms with E-state index in [1.54, 1.807) is 36.4 Å². The number of hydrogen-bond donors (Lipinski definition) is 3. The molecule has 2 rings (SSSR count). The quantitative estimate of drug-likeness (QED) is 0.773. The molecule has 1 atom stereocenters. The van der Waals surface area contributed by atoms with Crippen LogP contribution < -0.4 is 4.74 Å². The van der Waals surface area contributed by atoms with Crippen molar-refractivity contribution < 1.29 is 20.1 Å². The summed E-state index contributed by atoms with van der Waals surface area (Å²) in [4.78, 5) is 0. The summed E-state index contributed by atoms with van der Waals surface area (Å²) in [5.41, 5.74) is 0.396. The van der Waals surface area contributed by atoms with Crippen molar-refractivity contribution in [1.82, 2.24) is 0 Å². The van der Waals surface area contributed by atoms with Crippen LogP contribution in [0.2, 0.25) is 0 Å². The molecule has 4 heteroatoms. The third-order valence-electron chi connectivity index (χ3n) is 2.56. The summed E-state index contributed by atoms with van der Waals surface area (Å²) in [5.74, 6) is 0.333. The summed E-state index contributed by atoms with van der Waals surface area (Å²) in [6, 6.07) is 13.0. The molecule has 0 aliphatic rings. The first kappa shape index (κ1) is 12.3. The van der Waals surface area contributed by atoms with E-state index in [-0.39, 0.29) is 18.1 Å². The zero-order chi connectivity index (χ0) is 13.0. The van der Waals surface area contributed by atoms with E-state index in [0.717, 1.165) is 0 Å². The highest BCUT2D eigenvalue weighted by molar-refractivity contribution is 5.38. The Labute approximate surface area is 105 Å². The molecule has 4 nitrogen and oxygen atoms in total. The molecule has 94 valence electrons. The van der Waals surface area contributed by atoms with Crippen LogP contribution in [0.1, 0.15) is 11.7 Å². The van der Waals surface area contributed by atoms with Gasteiger partial charge >= 0.3 is 0 Å². The lowest BCUT2D eigenvalue weighted by Gasteiger charge is -2.14. The largest absolute Gasteiger partial charge is 0.508 e. The number of benzene rings is 2. The Hall–Kier alpha value is -2.20. The summed E-state index contributed by atoms with van der Waals surface area (Å²) in [6.07, 6.45) is -0.953. The van der Waals surface area contributed by atoms with Gasteiger partial charge in [0, 0.05) is 5.56 Å². The first-order chi connectivity index (χ1) is 8.68. The topological polar surface area (TPSA) is 69.9 Å². The lowest BCUT2D eigenvalue weighted by atomic mass is 10.1. The van der Waals surface area contributed by atoms with E-state index in [2.05, 4.69) is 0 Å². The Morgan fingerprint density at radius 2 is 1.50 bits per heavy atom. The van der Waals surface area contributed by atoms with Gasteiger partial charge in [-0.2, -0.15) is 0 Å². The van der Waals surface area contributed by atoms with E-state index in [0.29, 0.717) is 11.3 Å². The zero-order valence-electron chi connectivity index (χ0n) is 9.65. The summed E-state index contributed by atoms with van der Waals surface area (Å²) >= 11 is 0. The maximum Gasteiger partial charge on any atom is 0.161 e. The lowest BCUT2D eigenvalue weighted by Crippen LogP contribution is -2.09. The average molecular weight is 246 g/mol. The number of phenolic OH excluding ortho intramolecular Hbond substituents is 2. The van der Waals surface area contributed by atoms with Gasteiger partial charge in [0.2, 0.25) is 0 Å². The summed E-state index contributed by atoms with van der Waals surface area (Å²) in [7, 11) is 0. The average Bonchev–Trinajstić information content (AvgIpc) is 2.38. The first-order valence-electron chi connectivity index (χ1n) is 5.55. The second-order valence-corrected chi connectivity index (χ2v) is 3.85. The van der Waals surface area contributed by atoms with Crippen LogP contribution in [0.25, 0.3) is 0 Å². The number of aromatic hydroxyl groups is 2. The highest BCUT2D eigenvalue weighted by atomic mass is 16.5. The Morgan fingerprint density at radius 3 is 2.17 bits per heavy atom. The predicted molar refractivity (Wildman–Crippen MR) is 66.7 cm³/mol. The van der Waals surface area contributed by atoms with E-state index in [4.69, 9.17) is 4.74 Å². The molecule has 3 N–H and O–H groups in total. The molecule has 2 aromatic rings. The van der Waals surface area contributed by atoms with E-state index >= 15 is 0 Å². The number of ether oxygens (including phenoxy) is 1. The van der Waals surface area contributed by atoms with Gasteiger partial charge in [-0.1, -0.05) is 30.3 Å². The normalized spacial score (nSPS) is 12.1. The minimum Gasteiger partial charge on any atom is -0.508 e. The molecule has 0 saturated carbocycles. The highest BCUT2D eigenvalue weighted by Crippen LogP contribution is 2.28. The minimum atomic E-state index is -0.953. The molecular weight excluding hydrogens is 232 g/mol. The van der Waals surface area contributed by atoms with Crippen molar-refractivity contribution in [1.29, 1.82) is 0 Å². The molecule has 0 saturated heterocycles. The van der Waals surface area contributed by atoms with Gasteiger partial charge in [0.1, 0.15) is 18.5 Å². The van der Waals surface area contributed by atoms with Gasteiger partial charge in [-0.3, -0.25) is 0 Å². The van der Waals surface area contributed by atoms with Crippen LogP contribution in [-0.2, 0) is 0 Å². The van der Waals surface area contributed by atoms with Crippen LogP contribution in [0.3, 0.4) is 0 Å². The SMILES string of the molecule is Oc1ccccc1OCC(O)c1ccccc1O. The second kappa shape index (κ2) is 5.42. The highest BCUT2D eigenvalue weighted by Gasteiger charge is 2.13. The van der Waals surface area contributed by atoms with Crippen LogP contribution in [0.4, 0.5) is 0 Å². The minimum absolute atomic E-state index is 0.0157. The molecule has 0 bridgehead atoms. The number of aliphatic hydroxyl groups is 1. The smallest absolute Gasteiger partial charge is 0.161 e. The molecule has 0 amide bonds. The lowest BCUT2D eigenvalue weighted by molar-refractivity contribution is 0.104. The van der Waals surface area contributed by atoms with E-state index < -0.39 is 6.10 Å². The van der Waals surface area contributed by atoms with Gasteiger partial charge in [-0.15, -0.1) is 0 Å². The molecule has 0 aromatic heterocycles.